The van der Waals surface area contributed by atoms with Crippen LogP contribution in [-0.4, -0.2) is 56.3 Å². The molecule has 1 saturated heterocycles. The number of likely N-dealkylation sites (tertiary alicyclic amines) is 1. The molecule has 0 aromatic heterocycles. The van der Waals surface area contributed by atoms with Gasteiger partial charge in [-0.1, -0.05) is 0 Å². The fourth-order valence-electron chi connectivity index (χ4n) is 1.56. The van der Waals surface area contributed by atoms with Gasteiger partial charge in [-0.15, -0.1) is 0 Å². The van der Waals surface area contributed by atoms with Crippen LogP contribution < -0.4 is 11.5 Å². The minimum absolute atomic E-state index is 0.0385. The lowest BCUT2D eigenvalue weighted by Gasteiger charge is -2.14. The molecular formula is C8H17N5O2. The van der Waals surface area contributed by atoms with Gasteiger partial charge in [0.1, 0.15) is 12.2 Å². The SMILES string of the molecule is COC1CN(C(=N)N=C(N)N)CC1OC. The van der Waals surface area contributed by atoms with E-state index >= 15 is 0 Å². The lowest BCUT2D eigenvalue weighted by molar-refractivity contribution is -0.00461. The molecule has 2 atom stereocenters. The van der Waals surface area contributed by atoms with E-state index in [1.165, 1.54) is 0 Å². The molecular weight excluding hydrogens is 198 g/mol. The summed E-state index contributed by atoms with van der Waals surface area (Å²) < 4.78 is 10.5. The first-order chi connectivity index (χ1) is 7.08. The Morgan fingerprint density at radius 1 is 1.27 bits per heavy atom. The van der Waals surface area contributed by atoms with Crippen LogP contribution in [0.25, 0.3) is 0 Å². The van der Waals surface area contributed by atoms with E-state index in [0.29, 0.717) is 13.1 Å². The molecule has 0 radical (unpaired) electrons. The van der Waals surface area contributed by atoms with Gasteiger partial charge in [-0.25, -0.2) is 0 Å². The van der Waals surface area contributed by atoms with Gasteiger partial charge in [-0.05, 0) is 0 Å². The molecule has 0 aromatic carbocycles. The van der Waals surface area contributed by atoms with Crippen LogP contribution in [0.3, 0.4) is 0 Å². The van der Waals surface area contributed by atoms with Gasteiger partial charge in [0.25, 0.3) is 0 Å². The Morgan fingerprint density at radius 2 is 1.73 bits per heavy atom. The van der Waals surface area contributed by atoms with Crippen molar-refractivity contribution in [1.29, 1.82) is 5.41 Å². The number of hydrogen-bond acceptors (Lipinski definition) is 3. The highest BCUT2D eigenvalue weighted by atomic mass is 16.5. The zero-order valence-corrected chi connectivity index (χ0v) is 8.93. The highest BCUT2D eigenvalue weighted by Gasteiger charge is 2.34. The van der Waals surface area contributed by atoms with Gasteiger partial charge in [-0.3, -0.25) is 5.41 Å². The summed E-state index contributed by atoms with van der Waals surface area (Å²) in [6.45, 7) is 1.12. The third-order valence-electron chi connectivity index (χ3n) is 2.36. The lowest BCUT2D eigenvalue weighted by Crippen LogP contribution is -2.32. The second-order valence-electron chi connectivity index (χ2n) is 3.31. The number of rotatable bonds is 2. The average molecular weight is 215 g/mol. The minimum atomic E-state index is -0.116. The van der Waals surface area contributed by atoms with E-state index in [1.807, 2.05) is 0 Å². The van der Waals surface area contributed by atoms with E-state index in [9.17, 15) is 0 Å². The standard InChI is InChI=1S/C8H17N5O2/c1-14-5-3-13(4-6(5)15-2)8(11)12-7(9)10/h5-6H,3-4H2,1-2H3,(H5,9,10,11,12). The first-order valence-corrected chi connectivity index (χ1v) is 4.57. The molecule has 1 heterocycles. The van der Waals surface area contributed by atoms with Crippen LogP contribution in [0.4, 0.5) is 0 Å². The number of ether oxygens (including phenoxy) is 2. The fraction of sp³-hybridized carbons (Fsp3) is 0.750. The zero-order chi connectivity index (χ0) is 11.4. The number of methoxy groups -OCH3 is 2. The van der Waals surface area contributed by atoms with Crippen LogP contribution in [0.1, 0.15) is 0 Å². The van der Waals surface area contributed by atoms with Gasteiger partial charge in [0.15, 0.2) is 5.96 Å². The summed E-state index contributed by atoms with van der Waals surface area (Å²) in [6, 6.07) is 0. The van der Waals surface area contributed by atoms with E-state index in [-0.39, 0.29) is 24.1 Å². The second-order valence-corrected chi connectivity index (χ2v) is 3.31. The summed E-state index contributed by atoms with van der Waals surface area (Å²) in [4.78, 5) is 5.38. The van der Waals surface area contributed by atoms with Crippen LogP contribution in [0.5, 0.6) is 0 Å². The van der Waals surface area contributed by atoms with Crippen molar-refractivity contribution < 1.29 is 9.47 Å². The molecule has 7 nitrogen and oxygen atoms in total. The number of aliphatic imine (C=N–C) groups is 1. The quantitative estimate of drug-likeness (QED) is 0.385. The van der Waals surface area contributed by atoms with Gasteiger partial charge >= 0.3 is 0 Å². The molecule has 0 amide bonds. The van der Waals surface area contributed by atoms with Crippen LogP contribution >= 0.6 is 0 Å². The highest BCUT2D eigenvalue weighted by Crippen LogP contribution is 2.15. The number of hydrogen-bond donors (Lipinski definition) is 3. The van der Waals surface area contributed by atoms with Crippen molar-refractivity contribution in [2.75, 3.05) is 27.3 Å². The van der Waals surface area contributed by atoms with Gasteiger partial charge < -0.3 is 25.8 Å². The number of guanidine groups is 2. The maximum Gasteiger partial charge on any atom is 0.221 e. The number of nitrogens with one attached hydrogen (secondary N) is 1. The smallest absolute Gasteiger partial charge is 0.221 e. The Labute approximate surface area is 88.5 Å². The minimum Gasteiger partial charge on any atom is -0.377 e. The van der Waals surface area contributed by atoms with Crippen LogP contribution in [0.2, 0.25) is 0 Å². The van der Waals surface area contributed by atoms with E-state index in [0.717, 1.165) is 0 Å². The summed E-state index contributed by atoms with van der Waals surface area (Å²) in [5, 5.41) is 7.61. The lowest BCUT2D eigenvalue weighted by atomic mass is 10.3. The van der Waals surface area contributed by atoms with Gasteiger partial charge in [0.2, 0.25) is 5.96 Å². The van der Waals surface area contributed by atoms with Gasteiger partial charge in [-0.2, -0.15) is 4.99 Å². The molecule has 0 aliphatic carbocycles. The van der Waals surface area contributed by atoms with Crippen LogP contribution in [0, 0.1) is 5.41 Å². The third-order valence-corrected chi connectivity index (χ3v) is 2.36. The van der Waals surface area contributed by atoms with Crippen molar-refractivity contribution in [3.05, 3.63) is 0 Å². The van der Waals surface area contributed by atoms with Crippen molar-refractivity contribution in [2.45, 2.75) is 12.2 Å². The molecule has 7 heteroatoms. The zero-order valence-electron chi connectivity index (χ0n) is 8.93. The molecule has 5 N–H and O–H groups in total. The van der Waals surface area contributed by atoms with Crippen molar-refractivity contribution in [3.8, 4) is 0 Å². The summed E-state index contributed by atoms with van der Waals surface area (Å²) in [5.74, 6) is -0.0774. The molecule has 86 valence electrons. The van der Waals surface area contributed by atoms with Gasteiger partial charge in [0.05, 0.1) is 0 Å². The Bertz CT molecular complexity index is 252. The molecule has 0 saturated carbocycles. The Morgan fingerprint density at radius 3 is 2.07 bits per heavy atom. The Kier molecular flexibility index (Phi) is 3.87. The highest BCUT2D eigenvalue weighted by molar-refractivity contribution is 5.91. The largest absolute Gasteiger partial charge is 0.377 e. The summed E-state index contributed by atoms with van der Waals surface area (Å²) in [5.41, 5.74) is 10.4. The van der Waals surface area contributed by atoms with E-state index in [2.05, 4.69) is 4.99 Å². The molecule has 1 aliphatic rings. The second kappa shape index (κ2) is 4.94. The molecule has 0 aromatic rings. The molecule has 15 heavy (non-hydrogen) atoms. The molecule has 1 rings (SSSR count). The fourth-order valence-corrected chi connectivity index (χ4v) is 1.56. The summed E-state index contributed by atoms with van der Waals surface area (Å²) in [7, 11) is 3.23. The van der Waals surface area contributed by atoms with Crippen molar-refractivity contribution >= 4 is 11.9 Å². The topological polar surface area (TPSA) is 110 Å². The van der Waals surface area contributed by atoms with Crippen LogP contribution in [0.15, 0.2) is 4.99 Å². The maximum absolute atomic E-state index is 7.61. The molecule has 0 spiro atoms. The molecule has 1 aliphatic heterocycles. The predicted octanol–water partition coefficient (Wildman–Crippen LogP) is -1.46. The van der Waals surface area contributed by atoms with E-state index in [1.54, 1.807) is 19.1 Å². The monoisotopic (exact) mass is 215 g/mol. The van der Waals surface area contributed by atoms with Crippen molar-refractivity contribution in [2.24, 2.45) is 16.5 Å². The molecule has 0 bridgehead atoms. The van der Waals surface area contributed by atoms with Crippen molar-refractivity contribution in [1.82, 2.24) is 4.90 Å². The first-order valence-electron chi connectivity index (χ1n) is 4.57. The Hall–Kier alpha value is -1.34. The van der Waals surface area contributed by atoms with Gasteiger partial charge in [0, 0.05) is 27.3 Å². The number of nitrogens with zero attached hydrogens (tertiary/aromatic N) is 2. The normalized spacial score (nSPS) is 25.3. The van der Waals surface area contributed by atoms with Crippen molar-refractivity contribution in [3.63, 3.8) is 0 Å². The maximum atomic E-state index is 7.61. The predicted molar refractivity (Wildman–Crippen MR) is 56.7 cm³/mol. The first kappa shape index (κ1) is 11.7. The Balaban J connectivity index is 2.61. The van der Waals surface area contributed by atoms with Crippen LogP contribution in [-0.2, 0) is 9.47 Å². The van der Waals surface area contributed by atoms with E-state index in [4.69, 9.17) is 26.4 Å². The summed E-state index contributed by atoms with van der Waals surface area (Å²) in [6.07, 6.45) is -0.103. The van der Waals surface area contributed by atoms with E-state index < -0.39 is 0 Å². The summed E-state index contributed by atoms with van der Waals surface area (Å²) >= 11 is 0. The third kappa shape index (κ3) is 2.80. The number of nitrogens with two attached hydrogens (primary N) is 2. The average Bonchev–Trinajstić information content (AvgIpc) is 2.59. The molecule has 1 fully saturated rings. The molecule has 2 unspecified atom stereocenters.